The van der Waals surface area contributed by atoms with Gasteiger partial charge in [-0.05, 0) is 44.8 Å². The van der Waals surface area contributed by atoms with Gasteiger partial charge in [0.2, 0.25) is 0 Å². The third-order valence-electron chi connectivity index (χ3n) is 4.08. The second-order valence-electron chi connectivity index (χ2n) is 5.75. The van der Waals surface area contributed by atoms with Crippen LogP contribution in [0.15, 0.2) is 10.5 Å². The number of nitrogens with one attached hydrogen (secondary N) is 1. The van der Waals surface area contributed by atoms with Crippen molar-refractivity contribution in [3.05, 3.63) is 23.2 Å². The molecule has 1 unspecified atom stereocenters. The number of aryl methyl sites for hydroxylation is 1. The van der Waals surface area contributed by atoms with Gasteiger partial charge in [0, 0.05) is 18.7 Å². The van der Waals surface area contributed by atoms with Crippen molar-refractivity contribution in [3.63, 3.8) is 0 Å². The lowest BCUT2D eigenvalue weighted by Crippen LogP contribution is -2.20. The minimum Gasteiger partial charge on any atom is -0.465 e. The van der Waals surface area contributed by atoms with Gasteiger partial charge in [0.05, 0.1) is 6.54 Å². The zero-order valence-electron chi connectivity index (χ0n) is 12.7. The van der Waals surface area contributed by atoms with Crippen molar-refractivity contribution in [3.8, 4) is 0 Å². The molecule has 0 aromatic carbocycles. The Morgan fingerprint density at radius 2 is 2.26 bits per heavy atom. The first-order valence-electron chi connectivity index (χ1n) is 7.74. The number of likely N-dealkylation sites (tertiary alicyclic amines) is 1. The Balaban J connectivity index is 1.87. The number of nitrogens with zero attached hydrogens (tertiary/aromatic N) is 1. The lowest BCUT2D eigenvalue weighted by molar-refractivity contribution is 0.310. The summed E-state index contributed by atoms with van der Waals surface area (Å²) >= 11 is 0. The molecule has 0 bridgehead atoms. The van der Waals surface area contributed by atoms with Crippen LogP contribution in [-0.2, 0) is 13.1 Å². The summed E-state index contributed by atoms with van der Waals surface area (Å²) in [4.78, 5) is 2.58. The van der Waals surface area contributed by atoms with Crippen molar-refractivity contribution in [2.45, 2.75) is 53.1 Å². The van der Waals surface area contributed by atoms with Gasteiger partial charge in [0.15, 0.2) is 0 Å². The number of furan rings is 1. The molecule has 1 N–H and O–H groups in total. The highest BCUT2D eigenvalue weighted by atomic mass is 16.3. The van der Waals surface area contributed by atoms with E-state index in [0.717, 1.165) is 37.1 Å². The molecule has 108 valence electrons. The third-order valence-corrected chi connectivity index (χ3v) is 4.08. The van der Waals surface area contributed by atoms with Gasteiger partial charge >= 0.3 is 0 Å². The molecule has 19 heavy (non-hydrogen) atoms. The van der Waals surface area contributed by atoms with E-state index in [1.165, 1.54) is 37.9 Å². The summed E-state index contributed by atoms with van der Waals surface area (Å²) in [6.45, 7) is 11.9. The van der Waals surface area contributed by atoms with Crippen LogP contribution in [0, 0.1) is 12.8 Å². The molecule has 1 aromatic heterocycles. The van der Waals surface area contributed by atoms with Crippen LogP contribution in [0.4, 0.5) is 0 Å². The molecular formula is C16H28N2O. The summed E-state index contributed by atoms with van der Waals surface area (Å²) in [7, 11) is 0. The Hall–Kier alpha value is -0.800. The molecule has 1 atom stereocenters. The second kappa shape index (κ2) is 7.11. The summed E-state index contributed by atoms with van der Waals surface area (Å²) in [6.07, 6.45) is 4.07. The van der Waals surface area contributed by atoms with Gasteiger partial charge in [-0.25, -0.2) is 0 Å². The fourth-order valence-corrected chi connectivity index (χ4v) is 3.02. The predicted octanol–water partition coefficient (Wildman–Crippen LogP) is 3.32. The normalized spacial score (nSPS) is 20.3. The zero-order valence-corrected chi connectivity index (χ0v) is 12.7. The topological polar surface area (TPSA) is 28.4 Å². The van der Waals surface area contributed by atoms with Crippen molar-refractivity contribution < 1.29 is 4.42 Å². The molecule has 1 saturated heterocycles. The molecule has 0 amide bonds. The molecule has 0 radical (unpaired) electrons. The molecule has 0 spiro atoms. The Morgan fingerprint density at radius 3 is 3.00 bits per heavy atom. The van der Waals surface area contributed by atoms with Crippen LogP contribution in [0.3, 0.4) is 0 Å². The van der Waals surface area contributed by atoms with Crippen molar-refractivity contribution >= 4 is 0 Å². The van der Waals surface area contributed by atoms with E-state index in [1.54, 1.807) is 0 Å². The lowest BCUT2D eigenvalue weighted by atomic mass is 10.0. The molecule has 2 rings (SSSR count). The number of rotatable bonds is 7. The van der Waals surface area contributed by atoms with Crippen LogP contribution in [0.2, 0.25) is 0 Å². The minimum atomic E-state index is 0.843. The molecule has 0 saturated carbocycles. The average molecular weight is 264 g/mol. The van der Waals surface area contributed by atoms with E-state index in [4.69, 9.17) is 4.42 Å². The quantitative estimate of drug-likeness (QED) is 0.819. The third kappa shape index (κ3) is 4.08. The van der Waals surface area contributed by atoms with Crippen molar-refractivity contribution in [1.82, 2.24) is 10.2 Å². The first-order chi connectivity index (χ1) is 9.22. The lowest BCUT2D eigenvalue weighted by Gasteiger charge is -2.15. The van der Waals surface area contributed by atoms with E-state index >= 15 is 0 Å². The number of hydrogen-bond acceptors (Lipinski definition) is 3. The first-order valence-corrected chi connectivity index (χ1v) is 7.74. The van der Waals surface area contributed by atoms with Crippen molar-refractivity contribution in [2.75, 3.05) is 19.6 Å². The first kappa shape index (κ1) is 14.6. The van der Waals surface area contributed by atoms with E-state index in [1.807, 2.05) is 0 Å². The maximum absolute atomic E-state index is 5.81. The Bertz CT molecular complexity index is 386. The summed E-state index contributed by atoms with van der Waals surface area (Å²) in [5, 5.41) is 3.32. The summed E-state index contributed by atoms with van der Waals surface area (Å²) in [5.41, 5.74) is 1.37. The van der Waals surface area contributed by atoms with Crippen LogP contribution in [0.1, 0.15) is 50.2 Å². The van der Waals surface area contributed by atoms with Gasteiger partial charge in [-0.1, -0.05) is 20.3 Å². The highest BCUT2D eigenvalue weighted by Gasteiger charge is 2.22. The molecule has 1 fully saturated rings. The average Bonchev–Trinajstić information content (AvgIpc) is 2.96. The Labute approximate surface area is 117 Å². The molecule has 1 aliphatic heterocycles. The Morgan fingerprint density at radius 1 is 1.42 bits per heavy atom. The molecule has 1 aromatic rings. The van der Waals surface area contributed by atoms with Gasteiger partial charge in [0.25, 0.3) is 0 Å². The van der Waals surface area contributed by atoms with E-state index in [2.05, 4.69) is 37.1 Å². The van der Waals surface area contributed by atoms with E-state index in [0.29, 0.717) is 0 Å². The van der Waals surface area contributed by atoms with E-state index < -0.39 is 0 Å². The van der Waals surface area contributed by atoms with Crippen molar-refractivity contribution in [1.29, 1.82) is 0 Å². The SMILES string of the molecule is CCCC1CCN(Cc2cc(CNCC)oc2C)C1. The molecule has 3 heteroatoms. The fourth-order valence-electron chi connectivity index (χ4n) is 3.02. The highest BCUT2D eigenvalue weighted by Crippen LogP contribution is 2.24. The smallest absolute Gasteiger partial charge is 0.118 e. The summed E-state index contributed by atoms with van der Waals surface area (Å²) < 4.78 is 5.81. The van der Waals surface area contributed by atoms with Crippen LogP contribution >= 0.6 is 0 Å². The van der Waals surface area contributed by atoms with E-state index in [9.17, 15) is 0 Å². The highest BCUT2D eigenvalue weighted by molar-refractivity contribution is 5.21. The zero-order chi connectivity index (χ0) is 13.7. The van der Waals surface area contributed by atoms with Gasteiger partial charge in [-0.15, -0.1) is 0 Å². The van der Waals surface area contributed by atoms with Crippen molar-refractivity contribution in [2.24, 2.45) is 5.92 Å². The van der Waals surface area contributed by atoms with Crippen LogP contribution in [0.25, 0.3) is 0 Å². The van der Waals surface area contributed by atoms with Gasteiger partial charge in [0.1, 0.15) is 11.5 Å². The molecule has 1 aliphatic rings. The van der Waals surface area contributed by atoms with Crippen LogP contribution in [-0.4, -0.2) is 24.5 Å². The van der Waals surface area contributed by atoms with Crippen LogP contribution in [0.5, 0.6) is 0 Å². The molecule has 3 nitrogen and oxygen atoms in total. The second-order valence-corrected chi connectivity index (χ2v) is 5.75. The molecule has 0 aliphatic carbocycles. The van der Waals surface area contributed by atoms with E-state index in [-0.39, 0.29) is 0 Å². The molecule has 2 heterocycles. The monoisotopic (exact) mass is 264 g/mol. The summed E-state index contributed by atoms with van der Waals surface area (Å²) in [6, 6.07) is 2.23. The van der Waals surface area contributed by atoms with Gasteiger partial charge in [-0.3, -0.25) is 4.90 Å². The fraction of sp³-hybridized carbons (Fsp3) is 0.750. The van der Waals surface area contributed by atoms with Crippen LogP contribution < -0.4 is 5.32 Å². The standard InChI is InChI=1S/C16H28N2O/c1-4-6-14-7-8-18(11-14)12-15-9-16(10-17-5-2)19-13(15)3/h9,14,17H,4-8,10-12H2,1-3H3. The maximum atomic E-state index is 5.81. The Kier molecular flexibility index (Phi) is 5.46. The van der Waals surface area contributed by atoms with Gasteiger partial charge < -0.3 is 9.73 Å². The van der Waals surface area contributed by atoms with Gasteiger partial charge in [-0.2, -0.15) is 0 Å². The predicted molar refractivity (Wildman–Crippen MR) is 79.1 cm³/mol. The summed E-state index contributed by atoms with van der Waals surface area (Å²) in [5.74, 6) is 3.07. The number of hydrogen-bond donors (Lipinski definition) is 1. The minimum absolute atomic E-state index is 0.843. The molecular weight excluding hydrogens is 236 g/mol. The maximum Gasteiger partial charge on any atom is 0.118 e. The largest absolute Gasteiger partial charge is 0.465 e.